The molecule has 3 nitrogen and oxygen atoms in total. The Morgan fingerprint density at radius 1 is 1.12 bits per heavy atom. The molecular weight excluding hydrogens is 396 g/mol. The molecule has 0 N–H and O–H groups in total. The van der Waals surface area contributed by atoms with Gasteiger partial charge in [0.1, 0.15) is 0 Å². The van der Waals surface area contributed by atoms with E-state index in [1.807, 2.05) is 60.7 Å². The first kappa shape index (κ1) is 18.0. The van der Waals surface area contributed by atoms with Crippen molar-refractivity contribution in [1.29, 1.82) is 0 Å². The van der Waals surface area contributed by atoms with Crippen LogP contribution in [0.25, 0.3) is 6.08 Å². The van der Waals surface area contributed by atoms with E-state index in [1.165, 1.54) is 11.8 Å². The number of halogens is 1. The second kappa shape index (κ2) is 8.50. The van der Waals surface area contributed by atoms with E-state index in [0.717, 1.165) is 33.7 Å². The summed E-state index contributed by atoms with van der Waals surface area (Å²) >= 11 is 4.88. The van der Waals surface area contributed by atoms with Crippen LogP contribution in [0.15, 0.2) is 69.0 Å². The molecule has 1 saturated heterocycles. The maximum atomic E-state index is 12.8. The van der Waals surface area contributed by atoms with Crippen LogP contribution < -0.4 is 0 Å². The molecule has 0 radical (unpaired) electrons. The second-order valence-corrected chi connectivity index (χ2v) is 7.63. The van der Waals surface area contributed by atoms with Gasteiger partial charge in [-0.05, 0) is 54.1 Å². The van der Waals surface area contributed by atoms with Gasteiger partial charge in [-0.2, -0.15) is 0 Å². The number of carbonyl (C=O) groups excluding carboxylic acids is 1. The summed E-state index contributed by atoms with van der Waals surface area (Å²) in [5, 5.41) is 0.757. The van der Waals surface area contributed by atoms with E-state index < -0.39 is 0 Å². The molecule has 0 unspecified atom stereocenters. The summed E-state index contributed by atoms with van der Waals surface area (Å²) in [5.74, 6) is 0.0380. The molecule has 3 rings (SSSR count). The average molecular weight is 415 g/mol. The average Bonchev–Trinajstić information content (AvgIpc) is 2.91. The summed E-state index contributed by atoms with van der Waals surface area (Å²) in [6, 6.07) is 17.7. The van der Waals surface area contributed by atoms with Crippen LogP contribution in [0.1, 0.15) is 25.3 Å². The monoisotopic (exact) mass is 414 g/mol. The topological polar surface area (TPSA) is 32.7 Å². The van der Waals surface area contributed by atoms with Gasteiger partial charge in [0.2, 0.25) is 0 Å². The molecule has 2 aromatic rings. The van der Waals surface area contributed by atoms with E-state index in [2.05, 4.69) is 27.8 Å². The van der Waals surface area contributed by atoms with Crippen molar-refractivity contribution in [1.82, 2.24) is 4.90 Å². The van der Waals surface area contributed by atoms with Gasteiger partial charge in [0.05, 0.1) is 10.6 Å². The molecule has 128 valence electrons. The zero-order valence-corrected chi connectivity index (χ0v) is 16.4. The molecule has 1 heterocycles. The minimum atomic E-state index is 0.0380. The lowest BCUT2D eigenvalue weighted by atomic mass is 10.2. The standard InChI is InChI=1S/C20H19BrN2OS/c1-2-3-13-23-19(24)18(14-15-9-11-16(21)12-10-15)25-20(23)22-17-7-5-4-6-8-17/h4-12,14H,2-3,13H2,1H3. The quantitative estimate of drug-likeness (QED) is 0.574. The number of unbranched alkanes of at least 4 members (excludes halogenated alkanes) is 1. The molecule has 0 aromatic heterocycles. The van der Waals surface area contributed by atoms with Gasteiger partial charge in [0, 0.05) is 11.0 Å². The molecule has 1 fully saturated rings. The van der Waals surface area contributed by atoms with Crippen LogP contribution in [-0.2, 0) is 4.79 Å². The van der Waals surface area contributed by atoms with Gasteiger partial charge < -0.3 is 0 Å². The Hall–Kier alpha value is -1.85. The Morgan fingerprint density at radius 2 is 1.84 bits per heavy atom. The van der Waals surface area contributed by atoms with Gasteiger partial charge in [-0.25, -0.2) is 4.99 Å². The molecule has 1 aliphatic rings. The van der Waals surface area contributed by atoms with Crippen molar-refractivity contribution in [3.05, 3.63) is 69.5 Å². The van der Waals surface area contributed by atoms with E-state index in [9.17, 15) is 4.79 Å². The SMILES string of the molecule is CCCCN1C(=O)C(=Cc2ccc(Br)cc2)SC1=Nc1ccccc1. The van der Waals surface area contributed by atoms with E-state index in [0.29, 0.717) is 11.4 Å². The summed E-state index contributed by atoms with van der Waals surface area (Å²) in [6.07, 6.45) is 3.94. The van der Waals surface area contributed by atoms with Crippen LogP contribution >= 0.6 is 27.7 Å². The van der Waals surface area contributed by atoms with Crippen LogP contribution in [0.3, 0.4) is 0 Å². The van der Waals surface area contributed by atoms with E-state index in [4.69, 9.17) is 0 Å². The Labute approximate surface area is 161 Å². The number of carbonyl (C=O) groups is 1. The fraction of sp³-hybridized carbons (Fsp3) is 0.200. The zero-order valence-electron chi connectivity index (χ0n) is 14.0. The smallest absolute Gasteiger partial charge is 0.266 e. The van der Waals surface area contributed by atoms with Crippen LogP contribution in [0.4, 0.5) is 5.69 Å². The Kier molecular flexibility index (Phi) is 6.10. The highest BCUT2D eigenvalue weighted by atomic mass is 79.9. The Bertz CT molecular complexity index is 800. The third-order valence-electron chi connectivity index (χ3n) is 3.77. The van der Waals surface area contributed by atoms with Gasteiger partial charge in [0.15, 0.2) is 5.17 Å². The summed E-state index contributed by atoms with van der Waals surface area (Å²) in [4.78, 5) is 20.0. The highest BCUT2D eigenvalue weighted by Gasteiger charge is 2.32. The van der Waals surface area contributed by atoms with Crippen LogP contribution in [0, 0.1) is 0 Å². The number of rotatable bonds is 5. The predicted molar refractivity (Wildman–Crippen MR) is 110 cm³/mol. The van der Waals surface area contributed by atoms with Crippen molar-refractivity contribution in [2.75, 3.05) is 6.54 Å². The molecule has 1 aliphatic heterocycles. The lowest BCUT2D eigenvalue weighted by molar-refractivity contribution is -0.122. The number of aliphatic imine (C=N–C) groups is 1. The summed E-state index contributed by atoms with van der Waals surface area (Å²) in [7, 11) is 0. The number of para-hydroxylation sites is 1. The molecule has 5 heteroatoms. The Morgan fingerprint density at radius 3 is 2.52 bits per heavy atom. The van der Waals surface area contributed by atoms with Crippen molar-refractivity contribution < 1.29 is 4.79 Å². The first-order valence-corrected chi connectivity index (χ1v) is 9.89. The van der Waals surface area contributed by atoms with E-state index in [1.54, 1.807) is 4.90 Å². The van der Waals surface area contributed by atoms with Gasteiger partial charge in [-0.15, -0.1) is 0 Å². The number of hydrogen-bond acceptors (Lipinski definition) is 3. The molecule has 0 saturated carbocycles. The number of amides is 1. The van der Waals surface area contributed by atoms with Crippen molar-refractivity contribution in [3.63, 3.8) is 0 Å². The number of thioether (sulfide) groups is 1. The van der Waals surface area contributed by atoms with Crippen LogP contribution in [0.5, 0.6) is 0 Å². The first-order valence-electron chi connectivity index (χ1n) is 8.28. The number of hydrogen-bond donors (Lipinski definition) is 0. The summed E-state index contributed by atoms with van der Waals surface area (Å²) in [6.45, 7) is 2.83. The largest absolute Gasteiger partial charge is 0.286 e. The highest BCUT2D eigenvalue weighted by Crippen LogP contribution is 2.34. The molecular formula is C20H19BrN2OS. The maximum absolute atomic E-state index is 12.8. The first-order chi connectivity index (χ1) is 12.2. The van der Waals surface area contributed by atoms with Gasteiger partial charge in [-0.3, -0.25) is 9.69 Å². The van der Waals surface area contributed by atoms with E-state index >= 15 is 0 Å². The molecule has 1 amide bonds. The normalized spacial score (nSPS) is 17.7. The molecule has 0 spiro atoms. The lowest BCUT2D eigenvalue weighted by Gasteiger charge is -2.14. The third kappa shape index (κ3) is 4.61. The molecule has 0 atom stereocenters. The lowest BCUT2D eigenvalue weighted by Crippen LogP contribution is -2.30. The van der Waals surface area contributed by atoms with Crippen LogP contribution in [-0.4, -0.2) is 22.5 Å². The minimum Gasteiger partial charge on any atom is -0.286 e. The summed E-state index contributed by atoms with van der Waals surface area (Å²) in [5.41, 5.74) is 1.87. The second-order valence-electron chi connectivity index (χ2n) is 5.70. The molecule has 0 bridgehead atoms. The minimum absolute atomic E-state index is 0.0380. The zero-order chi connectivity index (χ0) is 17.6. The molecule has 2 aromatic carbocycles. The Balaban J connectivity index is 1.90. The fourth-order valence-electron chi connectivity index (χ4n) is 2.43. The van der Waals surface area contributed by atoms with Gasteiger partial charge in [-0.1, -0.05) is 59.6 Å². The molecule has 0 aliphatic carbocycles. The summed E-state index contributed by atoms with van der Waals surface area (Å²) < 4.78 is 1.02. The molecule has 25 heavy (non-hydrogen) atoms. The highest BCUT2D eigenvalue weighted by molar-refractivity contribution is 9.10. The van der Waals surface area contributed by atoms with Crippen molar-refractivity contribution in [3.8, 4) is 0 Å². The number of benzene rings is 2. The predicted octanol–water partition coefficient (Wildman–Crippen LogP) is 5.85. The van der Waals surface area contributed by atoms with Gasteiger partial charge in [0.25, 0.3) is 5.91 Å². The van der Waals surface area contributed by atoms with Crippen molar-refractivity contribution >= 4 is 50.5 Å². The van der Waals surface area contributed by atoms with Gasteiger partial charge >= 0.3 is 0 Å². The van der Waals surface area contributed by atoms with E-state index in [-0.39, 0.29) is 5.91 Å². The maximum Gasteiger partial charge on any atom is 0.266 e. The third-order valence-corrected chi connectivity index (χ3v) is 5.31. The van der Waals surface area contributed by atoms with Crippen LogP contribution in [0.2, 0.25) is 0 Å². The fourth-order valence-corrected chi connectivity index (χ4v) is 3.72. The van der Waals surface area contributed by atoms with Crippen molar-refractivity contribution in [2.45, 2.75) is 19.8 Å². The van der Waals surface area contributed by atoms with Crippen molar-refractivity contribution in [2.24, 2.45) is 4.99 Å². The number of nitrogens with zero attached hydrogens (tertiary/aromatic N) is 2. The number of amidine groups is 1.